The van der Waals surface area contributed by atoms with E-state index in [9.17, 15) is 9.18 Å². The van der Waals surface area contributed by atoms with Crippen LogP contribution in [0.4, 0.5) is 4.39 Å². The third-order valence-electron chi connectivity index (χ3n) is 2.53. The van der Waals surface area contributed by atoms with E-state index < -0.39 is 0 Å². The van der Waals surface area contributed by atoms with Gasteiger partial charge >= 0.3 is 0 Å². The summed E-state index contributed by atoms with van der Waals surface area (Å²) in [6.07, 6.45) is 0.968. The van der Waals surface area contributed by atoms with Gasteiger partial charge in [-0.2, -0.15) is 0 Å². The minimum Gasteiger partial charge on any atom is -0.396 e. The molecule has 1 aromatic carbocycles. The van der Waals surface area contributed by atoms with Crippen LogP contribution in [-0.4, -0.2) is 17.5 Å². The van der Waals surface area contributed by atoms with Crippen molar-refractivity contribution in [1.29, 1.82) is 0 Å². The SMILES string of the molecule is CC(=O)C(CCO)Cc1ccc(F)cc1Br. The van der Waals surface area contributed by atoms with E-state index >= 15 is 0 Å². The Morgan fingerprint density at radius 1 is 1.56 bits per heavy atom. The first-order chi connectivity index (χ1) is 7.54. The molecule has 0 saturated heterocycles. The quantitative estimate of drug-likeness (QED) is 0.905. The van der Waals surface area contributed by atoms with Gasteiger partial charge in [-0.15, -0.1) is 0 Å². The Morgan fingerprint density at radius 3 is 2.75 bits per heavy atom. The second kappa shape index (κ2) is 6.11. The summed E-state index contributed by atoms with van der Waals surface area (Å²) in [5.41, 5.74) is 0.884. The summed E-state index contributed by atoms with van der Waals surface area (Å²) in [5.74, 6) is -0.464. The number of carbonyl (C=O) groups is 1. The molecule has 0 bridgehead atoms. The van der Waals surface area contributed by atoms with Gasteiger partial charge in [0.2, 0.25) is 0 Å². The Bertz CT molecular complexity index is 379. The Hall–Kier alpha value is -0.740. The molecule has 0 fully saturated rings. The van der Waals surface area contributed by atoms with Gasteiger partial charge in [0, 0.05) is 17.0 Å². The van der Waals surface area contributed by atoms with Gasteiger partial charge in [0.25, 0.3) is 0 Å². The molecule has 0 heterocycles. The zero-order valence-corrected chi connectivity index (χ0v) is 10.6. The first-order valence-corrected chi connectivity index (χ1v) is 5.89. The summed E-state index contributed by atoms with van der Waals surface area (Å²) in [7, 11) is 0. The molecule has 88 valence electrons. The number of aliphatic hydroxyl groups is 1. The predicted molar refractivity (Wildman–Crippen MR) is 63.7 cm³/mol. The maximum absolute atomic E-state index is 12.9. The summed E-state index contributed by atoms with van der Waals surface area (Å²) in [6.45, 7) is 1.50. The number of benzene rings is 1. The van der Waals surface area contributed by atoms with Gasteiger partial charge in [0.1, 0.15) is 11.6 Å². The third kappa shape index (κ3) is 3.68. The molecule has 16 heavy (non-hydrogen) atoms. The number of halogens is 2. The van der Waals surface area contributed by atoms with E-state index in [1.807, 2.05) is 0 Å². The van der Waals surface area contributed by atoms with Crippen LogP contribution in [0.1, 0.15) is 18.9 Å². The average Bonchev–Trinajstić information content (AvgIpc) is 2.20. The van der Waals surface area contributed by atoms with E-state index in [0.29, 0.717) is 17.3 Å². The van der Waals surface area contributed by atoms with Crippen LogP contribution in [0.3, 0.4) is 0 Å². The van der Waals surface area contributed by atoms with Gasteiger partial charge in [-0.25, -0.2) is 4.39 Å². The molecule has 0 aliphatic carbocycles. The summed E-state index contributed by atoms with van der Waals surface area (Å²) in [4.78, 5) is 11.3. The van der Waals surface area contributed by atoms with Crippen molar-refractivity contribution in [3.05, 3.63) is 34.1 Å². The molecule has 0 saturated carbocycles. The fourth-order valence-corrected chi connectivity index (χ4v) is 2.07. The van der Waals surface area contributed by atoms with E-state index in [4.69, 9.17) is 5.11 Å². The lowest BCUT2D eigenvalue weighted by Gasteiger charge is -2.13. The molecule has 4 heteroatoms. The Morgan fingerprint density at radius 2 is 2.25 bits per heavy atom. The molecule has 0 amide bonds. The molecule has 0 aromatic heterocycles. The molecule has 1 aromatic rings. The highest BCUT2D eigenvalue weighted by molar-refractivity contribution is 9.10. The van der Waals surface area contributed by atoms with Gasteiger partial charge < -0.3 is 5.11 Å². The number of aliphatic hydroxyl groups excluding tert-OH is 1. The van der Waals surface area contributed by atoms with E-state index in [0.717, 1.165) is 5.56 Å². The number of hydrogen-bond donors (Lipinski definition) is 1. The van der Waals surface area contributed by atoms with Crippen molar-refractivity contribution >= 4 is 21.7 Å². The predicted octanol–water partition coefficient (Wildman–Crippen LogP) is 2.72. The lowest BCUT2D eigenvalue weighted by Crippen LogP contribution is -2.15. The van der Waals surface area contributed by atoms with Crippen molar-refractivity contribution in [3.8, 4) is 0 Å². The normalized spacial score (nSPS) is 12.5. The largest absolute Gasteiger partial charge is 0.396 e. The van der Waals surface area contributed by atoms with Crippen LogP contribution < -0.4 is 0 Å². The van der Waals surface area contributed by atoms with Gasteiger partial charge in [-0.05, 0) is 37.5 Å². The molecule has 0 radical (unpaired) electrons. The number of hydrogen-bond acceptors (Lipinski definition) is 2. The Balaban J connectivity index is 2.81. The maximum Gasteiger partial charge on any atom is 0.133 e. The summed E-state index contributed by atoms with van der Waals surface area (Å²) >= 11 is 3.26. The summed E-state index contributed by atoms with van der Waals surface area (Å²) in [5, 5.41) is 8.85. The van der Waals surface area contributed by atoms with Crippen molar-refractivity contribution in [1.82, 2.24) is 0 Å². The molecule has 1 rings (SSSR count). The number of ketones is 1. The zero-order chi connectivity index (χ0) is 12.1. The fraction of sp³-hybridized carbons (Fsp3) is 0.417. The molecule has 2 nitrogen and oxygen atoms in total. The minimum absolute atomic E-state index is 0.0109. The van der Waals surface area contributed by atoms with Crippen LogP contribution in [-0.2, 0) is 11.2 Å². The topological polar surface area (TPSA) is 37.3 Å². The summed E-state index contributed by atoms with van der Waals surface area (Å²) < 4.78 is 13.5. The van der Waals surface area contributed by atoms with Crippen molar-refractivity contribution in [2.45, 2.75) is 19.8 Å². The molecule has 0 aliphatic rings. The highest BCUT2D eigenvalue weighted by Crippen LogP contribution is 2.22. The monoisotopic (exact) mass is 288 g/mol. The highest BCUT2D eigenvalue weighted by Gasteiger charge is 2.15. The standard InChI is InChI=1S/C12H14BrFO2/c1-8(16)9(4-5-15)6-10-2-3-11(14)7-12(10)13/h2-3,7,9,15H,4-6H2,1H3. The third-order valence-corrected chi connectivity index (χ3v) is 3.27. The van der Waals surface area contributed by atoms with Crippen molar-refractivity contribution in [2.24, 2.45) is 5.92 Å². The van der Waals surface area contributed by atoms with E-state index in [2.05, 4.69) is 15.9 Å². The molecular weight excluding hydrogens is 275 g/mol. The number of carbonyl (C=O) groups excluding carboxylic acids is 1. The van der Waals surface area contributed by atoms with Crippen LogP contribution in [0, 0.1) is 11.7 Å². The van der Waals surface area contributed by atoms with Gasteiger partial charge in [-0.1, -0.05) is 22.0 Å². The Labute approximate surface area is 103 Å². The molecule has 1 atom stereocenters. The van der Waals surface area contributed by atoms with Crippen LogP contribution >= 0.6 is 15.9 Å². The lowest BCUT2D eigenvalue weighted by atomic mass is 9.93. The molecule has 1 unspecified atom stereocenters. The average molecular weight is 289 g/mol. The van der Waals surface area contributed by atoms with Crippen LogP contribution in [0.15, 0.2) is 22.7 Å². The lowest BCUT2D eigenvalue weighted by molar-refractivity contribution is -0.121. The second-order valence-electron chi connectivity index (χ2n) is 3.76. The van der Waals surface area contributed by atoms with Crippen molar-refractivity contribution in [2.75, 3.05) is 6.61 Å². The molecular formula is C12H14BrFO2. The molecule has 0 spiro atoms. The van der Waals surface area contributed by atoms with Crippen molar-refractivity contribution in [3.63, 3.8) is 0 Å². The summed E-state index contributed by atoms with van der Waals surface area (Å²) in [6, 6.07) is 4.41. The zero-order valence-electron chi connectivity index (χ0n) is 9.04. The maximum atomic E-state index is 12.9. The molecule has 0 aliphatic heterocycles. The van der Waals surface area contributed by atoms with Gasteiger partial charge in [-0.3, -0.25) is 4.79 Å². The second-order valence-corrected chi connectivity index (χ2v) is 4.61. The Kier molecular flexibility index (Phi) is 5.09. The minimum atomic E-state index is -0.308. The number of Topliss-reactive ketones (excluding diaryl/α,β-unsaturated/α-hetero) is 1. The van der Waals surface area contributed by atoms with Crippen LogP contribution in [0.2, 0.25) is 0 Å². The molecule has 1 N–H and O–H groups in total. The fourth-order valence-electron chi connectivity index (χ4n) is 1.56. The first kappa shape index (κ1) is 13.3. The van der Waals surface area contributed by atoms with Crippen LogP contribution in [0.5, 0.6) is 0 Å². The van der Waals surface area contributed by atoms with Crippen molar-refractivity contribution < 1.29 is 14.3 Å². The van der Waals surface area contributed by atoms with Gasteiger partial charge in [0.05, 0.1) is 0 Å². The van der Waals surface area contributed by atoms with E-state index in [1.165, 1.54) is 19.1 Å². The number of rotatable bonds is 5. The van der Waals surface area contributed by atoms with E-state index in [1.54, 1.807) is 6.07 Å². The smallest absolute Gasteiger partial charge is 0.133 e. The first-order valence-electron chi connectivity index (χ1n) is 5.10. The van der Waals surface area contributed by atoms with Gasteiger partial charge in [0.15, 0.2) is 0 Å². The van der Waals surface area contributed by atoms with E-state index in [-0.39, 0.29) is 24.1 Å². The highest BCUT2D eigenvalue weighted by atomic mass is 79.9. The van der Waals surface area contributed by atoms with Crippen LogP contribution in [0.25, 0.3) is 0 Å².